The average Bonchev–Trinajstić information content (AvgIpc) is 3.36. The molecule has 0 bridgehead atoms. The molecule has 1 heterocycles. The second-order valence-electron chi connectivity index (χ2n) is 10.2. The van der Waals surface area contributed by atoms with Crippen LogP contribution < -0.4 is 21.3 Å². The van der Waals surface area contributed by atoms with E-state index in [2.05, 4.69) is 26.3 Å². The van der Waals surface area contributed by atoms with Crippen molar-refractivity contribution < 1.29 is 27.6 Å². The molecule has 1 aliphatic carbocycles. The fraction of sp³-hybridized carbons (Fsp3) is 0.267. The Morgan fingerprint density at radius 3 is 2.36 bits per heavy atom. The third-order valence-electron chi connectivity index (χ3n) is 7.01. The minimum absolute atomic E-state index is 0.144. The van der Waals surface area contributed by atoms with E-state index in [1.807, 2.05) is 0 Å². The summed E-state index contributed by atoms with van der Waals surface area (Å²) in [6, 6.07) is 13.8. The second-order valence-corrected chi connectivity index (χ2v) is 11.2. The highest BCUT2D eigenvalue weighted by Crippen LogP contribution is 2.30. The number of nitrogens with zero attached hydrogens (tertiary/aromatic N) is 1. The molecular weight excluding hydrogens is 567 g/mol. The van der Waals surface area contributed by atoms with Gasteiger partial charge in [0.25, 0.3) is 11.8 Å². The maximum absolute atomic E-state index is 13.1. The van der Waals surface area contributed by atoms with Gasteiger partial charge in [-0.2, -0.15) is 13.2 Å². The minimum Gasteiger partial charge on any atom is -0.335 e. The molecule has 1 aliphatic rings. The van der Waals surface area contributed by atoms with E-state index in [-0.39, 0.29) is 17.6 Å². The second kappa shape index (κ2) is 12.2. The normalized spacial score (nSPS) is 13.9. The van der Waals surface area contributed by atoms with Crippen molar-refractivity contribution in [3.63, 3.8) is 0 Å². The molecule has 1 fully saturated rings. The quantitative estimate of drug-likeness (QED) is 0.184. The fourth-order valence-electron chi connectivity index (χ4n) is 4.75. The van der Waals surface area contributed by atoms with Gasteiger partial charge in [0, 0.05) is 28.5 Å². The lowest BCUT2D eigenvalue weighted by molar-refractivity contribution is -0.137. The molecule has 0 aliphatic heterocycles. The number of aryl methyl sites for hydroxylation is 1. The van der Waals surface area contributed by atoms with Crippen LogP contribution >= 0.6 is 11.3 Å². The fourth-order valence-corrected chi connectivity index (χ4v) is 5.65. The lowest BCUT2D eigenvalue weighted by Crippen LogP contribution is -2.38. The van der Waals surface area contributed by atoms with E-state index in [0.717, 1.165) is 48.1 Å². The van der Waals surface area contributed by atoms with Gasteiger partial charge in [0.05, 0.1) is 15.8 Å². The van der Waals surface area contributed by atoms with Crippen molar-refractivity contribution in [2.75, 3.05) is 16.0 Å². The Morgan fingerprint density at radius 1 is 0.857 bits per heavy atom. The van der Waals surface area contributed by atoms with Crippen LogP contribution in [-0.4, -0.2) is 28.9 Å². The van der Waals surface area contributed by atoms with Crippen LogP contribution in [0, 0.1) is 6.92 Å². The number of rotatable bonds is 6. The topological polar surface area (TPSA) is 112 Å². The summed E-state index contributed by atoms with van der Waals surface area (Å²) in [5.41, 5.74) is 1.38. The molecule has 0 atom stereocenters. The van der Waals surface area contributed by atoms with Crippen LogP contribution in [0.2, 0.25) is 0 Å². The Labute approximate surface area is 243 Å². The Balaban J connectivity index is 1.25. The Bertz CT molecular complexity index is 1650. The molecule has 5 rings (SSSR count). The summed E-state index contributed by atoms with van der Waals surface area (Å²) in [5.74, 6) is -1.12. The van der Waals surface area contributed by atoms with Crippen LogP contribution in [0.25, 0.3) is 10.2 Å². The Kier molecular flexibility index (Phi) is 8.44. The number of thiazole rings is 1. The molecule has 42 heavy (non-hydrogen) atoms. The van der Waals surface area contributed by atoms with Crippen molar-refractivity contribution in [2.24, 2.45) is 0 Å². The van der Waals surface area contributed by atoms with Gasteiger partial charge in [0.1, 0.15) is 0 Å². The lowest BCUT2D eigenvalue weighted by atomic mass is 9.96. The van der Waals surface area contributed by atoms with Gasteiger partial charge in [-0.3, -0.25) is 14.9 Å². The van der Waals surface area contributed by atoms with Gasteiger partial charge in [0.2, 0.25) is 0 Å². The van der Waals surface area contributed by atoms with Crippen molar-refractivity contribution in [1.82, 2.24) is 10.3 Å². The highest BCUT2D eigenvalue weighted by atomic mass is 32.1. The molecule has 218 valence electrons. The van der Waals surface area contributed by atoms with Gasteiger partial charge in [-0.15, -0.1) is 0 Å². The van der Waals surface area contributed by atoms with Gasteiger partial charge in [0.15, 0.2) is 5.13 Å². The molecule has 1 aromatic heterocycles. The summed E-state index contributed by atoms with van der Waals surface area (Å²) in [7, 11) is 0. The molecular formula is C30H28F3N5O3S. The lowest BCUT2D eigenvalue weighted by Gasteiger charge is -2.22. The molecule has 0 spiro atoms. The predicted molar refractivity (Wildman–Crippen MR) is 157 cm³/mol. The summed E-state index contributed by atoms with van der Waals surface area (Å²) >= 11 is 1.26. The minimum atomic E-state index is -4.57. The SMILES string of the molecule is Cc1ccc(NC(=O)c2cccc(C(F)(F)F)c2)cc1NC(=O)c1ccc2nc(NC(=O)NC3CCCCC3)sc2c1. The van der Waals surface area contributed by atoms with Gasteiger partial charge in [-0.25, -0.2) is 9.78 Å². The van der Waals surface area contributed by atoms with Crippen LogP contribution in [0.1, 0.15) is 63.9 Å². The predicted octanol–water partition coefficient (Wildman–Crippen LogP) is 7.58. The van der Waals surface area contributed by atoms with Crippen LogP contribution in [0.15, 0.2) is 60.7 Å². The van der Waals surface area contributed by atoms with Gasteiger partial charge in [-0.1, -0.05) is 42.7 Å². The number of nitrogens with one attached hydrogen (secondary N) is 4. The van der Waals surface area contributed by atoms with E-state index in [9.17, 15) is 27.6 Å². The molecule has 0 radical (unpaired) electrons. The molecule has 3 aromatic carbocycles. The number of carbonyl (C=O) groups excluding carboxylic acids is 3. The van der Waals surface area contributed by atoms with Gasteiger partial charge in [-0.05, 0) is 73.9 Å². The van der Waals surface area contributed by atoms with Gasteiger partial charge < -0.3 is 16.0 Å². The number of hydrogen-bond donors (Lipinski definition) is 4. The first-order chi connectivity index (χ1) is 20.0. The number of halogens is 3. The highest BCUT2D eigenvalue weighted by molar-refractivity contribution is 7.22. The molecule has 4 aromatic rings. The van der Waals surface area contributed by atoms with Crippen LogP contribution in [0.5, 0.6) is 0 Å². The number of benzene rings is 3. The molecule has 12 heteroatoms. The van der Waals surface area contributed by atoms with E-state index < -0.39 is 23.6 Å². The third kappa shape index (κ3) is 7.06. The first-order valence-corrected chi connectivity index (χ1v) is 14.3. The van der Waals surface area contributed by atoms with Crippen molar-refractivity contribution in [1.29, 1.82) is 0 Å². The van der Waals surface area contributed by atoms with Crippen LogP contribution in [0.4, 0.5) is 34.5 Å². The van der Waals surface area contributed by atoms with E-state index >= 15 is 0 Å². The number of hydrogen-bond acceptors (Lipinski definition) is 5. The van der Waals surface area contributed by atoms with E-state index in [1.54, 1.807) is 37.3 Å². The van der Waals surface area contributed by atoms with Gasteiger partial charge >= 0.3 is 12.2 Å². The molecule has 0 unspecified atom stereocenters. The summed E-state index contributed by atoms with van der Waals surface area (Å²) in [5, 5.41) is 11.6. The third-order valence-corrected chi connectivity index (χ3v) is 7.94. The number of urea groups is 1. The number of amides is 4. The summed E-state index contributed by atoms with van der Waals surface area (Å²) in [6.45, 7) is 1.77. The molecule has 1 saturated carbocycles. The van der Waals surface area contributed by atoms with E-state index in [4.69, 9.17) is 0 Å². The summed E-state index contributed by atoms with van der Waals surface area (Å²) in [4.78, 5) is 42.6. The smallest absolute Gasteiger partial charge is 0.335 e. The van der Waals surface area contributed by atoms with E-state index in [0.29, 0.717) is 27.6 Å². The molecule has 4 N–H and O–H groups in total. The first kappa shape index (κ1) is 29.1. The maximum Gasteiger partial charge on any atom is 0.416 e. The number of anilines is 3. The maximum atomic E-state index is 13.1. The highest BCUT2D eigenvalue weighted by Gasteiger charge is 2.31. The van der Waals surface area contributed by atoms with Crippen LogP contribution in [0.3, 0.4) is 0 Å². The summed E-state index contributed by atoms with van der Waals surface area (Å²) < 4.78 is 39.8. The Hall–Kier alpha value is -4.45. The number of alkyl halides is 3. The van der Waals surface area contributed by atoms with Crippen molar-refractivity contribution >= 4 is 55.9 Å². The monoisotopic (exact) mass is 595 g/mol. The zero-order valence-electron chi connectivity index (χ0n) is 22.6. The van der Waals surface area contributed by atoms with Crippen LogP contribution in [-0.2, 0) is 6.18 Å². The number of carbonyl (C=O) groups is 3. The first-order valence-electron chi connectivity index (χ1n) is 13.4. The van der Waals surface area contributed by atoms with Crippen molar-refractivity contribution in [3.8, 4) is 0 Å². The standard InChI is InChI=1S/C30H28F3N5O3S/c1-17-10-12-22(34-26(39)18-6-5-7-20(14-18)30(31,32)33)16-24(17)36-27(40)19-11-13-23-25(15-19)42-29(37-23)38-28(41)35-21-8-3-2-4-9-21/h5-7,10-16,21H,2-4,8-9H2,1H3,(H,34,39)(H,36,40)(H2,35,37,38,41). The van der Waals surface area contributed by atoms with Crippen molar-refractivity contribution in [3.05, 3.63) is 82.9 Å². The zero-order chi connectivity index (χ0) is 29.9. The Morgan fingerprint density at radius 2 is 1.60 bits per heavy atom. The molecule has 8 nitrogen and oxygen atoms in total. The van der Waals surface area contributed by atoms with E-state index in [1.165, 1.54) is 36.0 Å². The number of fused-ring (bicyclic) bond motifs is 1. The molecule has 4 amide bonds. The number of aromatic nitrogens is 1. The largest absolute Gasteiger partial charge is 0.416 e. The average molecular weight is 596 g/mol. The molecule has 0 saturated heterocycles. The zero-order valence-corrected chi connectivity index (χ0v) is 23.4. The summed E-state index contributed by atoms with van der Waals surface area (Å²) in [6.07, 6.45) is 0.774. The van der Waals surface area contributed by atoms with Crippen molar-refractivity contribution in [2.45, 2.75) is 51.2 Å².